The molecular formula is C16H14F2O. The van der Waals surface area contributed by atoms with E-state index >= 15 is 0 Å². The lowest BCUT2D eigenvalue weighted by Crippen LogP contribution is -2.01. The van der Waals surface area contributed by atoms with Crippen LogP contribution in [0.1, 0.15) is 41.6 Å². The van der Waals surface area contributed by atoms with E-state index in [0.29, 0.717) is 11.5 Å². The van der Waals surface area contributed by atoms with Gasteiger partial charge in [0.1, 0.15) is 6.10 Å². The smallest absolute Gasteiger partial charge is 0.159 e. The third kappa shape index (κ3) is 2.51. The quantitative estimate of drug-likeness (QED) is 0.886. The van der Waals surface area contributed by atoms with Gasteiger partial charge >= 0.3 is 0 Å². The number of hydrogen-bond acceptors (Lipinski definition) is 1. The van der Waals surface area contributed by atoms with Gasteiger partial charge in [0.2, 0.25) is 0 Å². The van der Waals surface area contributed by atoms with E-state index in [1.165, 1.54) is 24.5 Å². The predicted molar refractivity (Wildman–Crippen MR) is 68.8 cm³/mol. The van der Waals surface area contributed by atoms with Gasteiger partial charge in [0.15, 0.2) is 11.6 Å². The van der Waals surface area contributed by atoms with Crippen LogP contribution in [0, 0.1) is 11.6 Å². The van der Waals surface area contributed by atoms with Gasteiger partial charge in [-0.2, -0.15) is 0 Å². The molecule has 0 saturated heterocycles. The average molecular weight is 260 g/mol. The number of aliphatic hydroxyl groups is 1. The second-order valence-corrected chi connectivity index (χ2v) is 5.02. The summed E-state index contributed by atoms with van der Waals surface area (Å²) in [6, 6.07) is 11.2. The van der Waals surface area contributed by atoms with Crippen LogP contribution in [0.15, 0.2) is 42.5 Å². The van der Waals surface area contributed by atoms with Crippen molar-refractivity contribution in [2.45, 2.75) is 24.9 Å². The number of halogens is 2. The van der Waals surface area contributed by atoms with E-state index in [1.807, 2.05) is 18.2 Å². The van der Waals surface area contributed by atoms with Crippen molar-refractivity contribution in [2.75, 3.05) is 0 Å². The van der Waals surface area contributed by atoms with Crippen molar-refractivity contribution in [1.29, 1.82) is 0 Å². The Kier molecular flexibility index (Phi) is 3.07. The molecule has 2 aromatic rings. The summed E-state index contributed by atoms with van der Waals surface area (Å²) in [7, 11) is 0. The number of rotatable bonds is 3. The fourth-order valence-electron chi connectivity index (χ4n) is 2.27. The highest BCUT2D eigenvalue weighted by Crippen LogP contribution is 2.40. The molecule has 1 fully saturated rings. The minimum atomic E-state index is -0.935. The maximum atomic E-state index is 13.2. The van der Waals surface area contributed by atoms with Crippen LogP contribution in [0.4, 0.5) is 8.78 Å². The summed E-state index contributed by atoms with van der Waals surface area (Å²) in [6.07, 6.45) is 1.45. The lowest BCUT2D eigenvalue weighted by atomic mass is 9.98. The third-order valence-electron chi connectivity index (χ3n) is 3.53. The molecule has 1 aliphatic carbocycles. The molecule has 0 aliphatic heterocycles. The Morgan fingerprint density at radius 1 is 0.947 bits per heavy atom. The van der Waals surface area contributed by atoms with Crippen molar-refractivity contribution in [3.8, 4) is 0 Å². The molecule has 0 spiro atoms. The molecule has 1 aliphatic rings. The Bertz CT molecular complexity index is 605. The van der Waals surface area contributed by atoms with Crippen LogP contribution < -0.4 is 0 Å². The summed E-state index contributed by atoms with van der Waals surface area (Å²) in [5, 5.41) is 10.2. The van der Waals surface area contributed by atoms with Gasteiger partial charge in [-0.15, -0.1) is 0 Å². The minimum absolute atomic E-state index is 0.367. The zero-order valence-electron chi connectivity index (χ0n) is 10.3. The topological polar surface area (TPSA) is 20.2 Å². The minimum Gasteiger partial charge on any atom is -0.384 e. The Morgan fingerprint density at radius 2 is 1.68 bits per heavy atom. The van der Waals surface area contributed by atoms with Crippen molar-refractivity contribution in [1.82, 2.24) is 0 Å². The van der Waals surface area contributed by atoms with E-state index in [2.05, 4.69) is 0 Å². The van der Waals surface area contributed by atoms with Crippen LogP contribution in [0.2, 0.25) is 0 Å². The van der Waals surface area contributed by atoms with Crippen molar-refractivity contribution >= 4 is 0 Å². The van der Waals surface area contributed by atoms with E-state index in [4.69, 9.17) is 0 Å². The second kappa shape index (κ2) is 4.74. The molecule has 0 bridgehead atoms. The molecule has 3 rings (SSSR count). The maximum Gasteiger partial charge on any atom is 0.159 e. The first-order valence-electron chi connectivity index (χ1n) is 6.38. The zero-order chi connectivity index (χ0) is 13.4. The summed E-state index contributed by atoms with van der Waals surface area (Å²) in [5.41, 5.74) is 2.29. The molecule has 0 amide bonds. The highest BCUT2D eigenvalue weighted by molar-refractivity contribution is 5.35. The Morgan fingerprint density at radius 3 is 2.37 bits per heavy atom. The monoisotopic (exact) mass is 260 g/mol. The highest BCUT2D eigenvalue weighted by atomic mass is 19.2. The Balaban J connectivity index is 1.91. The molecule has 1 saturated carbocycles. The van der Waals surface area contributed by atoms with E-state index in [9.17, 15) is 13.9 Å². The lowest BCUT2D eigenvalue weighted by molar-refractivity contribution is 0.219. The Labute approximate surface area is 110 Å². The van der Waals surface area contributed by atoms with Gasteiger partial charge in [0.05, 0.1) is 0 Å². The third-order valence-corrected chi connectivity index (χ3v) is 3.53. The first-order valence-corrected chi connectivity index (χ1v) is 6.38. The van der Waals surface area contributed by atoms with Crippen LogP contribution in [0.25, 0.3) is 0 Å². The standard InChI is InChI=1S/C16H14F2O/c17-14-7-6-13(9-15(14)18)16(19)12-3-1-2-11(8-12)10-4-5-10/h1-3,6-10,16,19H,4-5H2. The predicted octanol–water partition coefficient (Wildman–Crippen LogP) is 3.92. The van der Waals surface area contributed by atoms with Crippen LogP contribution in [0.3, 0.4) is 0 Å². The van der Waals surface area contributed by atoms with E-state index in [0.717, 1.165) is 17.7 Å². The van der Waals surface area contributed by atoms with Crippen molar-refractivity contribution in [2.24, 2.45) is 0 Å². The summed E-state index contributed by atoms with van der Waals surface area (Å²) >= 11 is 0. The van der Waals surface area contributed by atoms with Gasteiger partial charge in [-0.05, 0) is 47.6 Å². The summed E-state index contributed by atoms with van der Waals surface area (Å²) < 4.78 is 26.1. The molecule has 0 aromatic heterocycles. The SMILES string of the molecule is OC(c1cccc(C2CC2)c1)c1ccc(F)c(F)c1. The van der Waals surface area contributed by atoms with E-state index in [1.54, 1.807) is 6.07 Å². The molecule has 98 valence electrons. The highest BCUT2D eigenvalue weighted by Gasteiger charge is 2.24. The first-order chi connectivity index (χ1) is 9.15. The zero-order valence-corrected chi connectivity index (χ0v) is 10.3. The summed E-state index contributed by atoms with van der Waals surface area (Å²) in [5.74, 6) is -1.24. The Hall–Kier alpha value is -1.74. The largest absolute Gasteiger partial charge is 0.384 e. The molecule has 19 heavy (non-hydrogen) atoms. The second-order valence-electron chi connectivity index (χ2n) is 5.02. The fourth-order valence-corrected chi connectivity index (χ4v) is 2.27. The number of benzene rings is 2. The van der Waals surface area contributed by atoms with E-state index in [-0.39, 0.29) is 0 Å². The van der Waals surface area contributed by atoms with Crippen molar-refractivity contribution < 1.29 is 13.9 Å². The van der Waals surface area contributed by atoms with Crippen molar-refractivity contribution in [3.63, 3.8) is 0 Å². The average Bonchev–Trinajstić information content (AvgIpc) is 3.26. The lowest BCUT2D eigenvalue weighted by Gasteiger charge is -2.13. The molecule has 3 heteroatoms. The van der Waals surface area contributed by atoms with Gasteiger partial charge in [0.25, 0.3) is 0 Å². The van der Waals surface area contributed by atoms with Gasteiger partial charge < -0.3 is 5.11 Å². The van der Waals surface area contributed by atoms with Gasteiger partial charge in [-0.3, -0.25) is 0 Å². The van der Waals surface area contributed by atoms with Gasteiger partial charge in [0, 0.05) is 0 Å². The van der Waals surface area contributed by atoms with Crippen LogP contribution >= 0.6 is 0 Å². The fraction of sp³-hybridized carbons (Fsp3) is 0.250. The van der Waals surface area contributed by atoms with Gasteiger partial charge in [-0.25, -0.2) is 8.78 Å². The number of aliphatic hydroxyl groups excluding tert-OH is 1. The molecule has 2 aromatic carbocycles. The molecule has 1 atom stereocenters. The molecule has 1 unspecified atom stereocenters. The van der Waals surface area contributed by atoms with Crippen LogP contribution in [-0.2, 0) is 0 Å². The maximum absolute atomic E-state index is 13.2. The van der Waals surface area contributed by atoms with Gasteiger partial charge in [-0.1, -0.05) is 30.3 Å². The normalized spacial score (nSPS) is 16.4. The number of hydrogen-bond donors (Lipinski definition) is 1. The molecular weight excluding hydrogens is 246 g/mol. The van der Waals surface area contributed by atoms with Crippen LogP contribution in [-0.4, -0.2) is 5.11 Å². The molecule has 0 radical (unpaired) electrons. The van der Waals surface area contributed by atoms with E-state index < -0.39 is 17.7 Å². The molecule has 1 nitrogen and oxygen atoms in total. The molecule has 0 heterocycles. The van der Waals surface area contributed by atoms with Crippen LogP contribution in [0.5, 0.6) is 0 Å². The first kappa shape index (κ1) is 12.3. The summed E-state index contributed by atoms with van der Waals surface area (Å²) in [6.45, 7) is 0. The molecule has 1 N–H and O–H groups in total. The summed E-state index contributed by atoms with van der Waals surface area (Å²) in [4.78, 5) is 0. The van der Waals surface area contributed by atoms with Crippen molar-refractivity contribution in [3.05, 3.63) is 70.8 Å².